The summed E-state index contributed by atoms with van der Waals surface area (Å²) in [4.78, 5) is 0. The van der Waals surface area contributed by atoms with Crippen molar-refractivity contribution in [2.24, 2.45) is 0 Å². The summed E-state index contributed by atoms with van der Waals surface area (Å²) in [6, 6.07) is 0. The predicted octanol–water partition coefficient (Wildman–Crippen LogP) is 2.40. The maximum absolute atomic E-state index is 4.17. The Bertz CT molecular complexity index is 205. The summed E-state index contributed by atoms with van der Waals surface area (Å²) in [7, 11) is 0. The number of rotatable bonds is 2. The maximum Gasteiger partial charge on any atom is 0.0923 e. The highest BCUT2D eigenvalue weighted by atomic mass is 127. The van der Waals surface area contributed by atoms with Gasteiger partial charge < -0.3 is 0 Å². The Morgan fingerprint density at radius 2 is 2.40 bits per heavy atom. The van der Waals surface area contributed by atoms with E-state index in [-0.39, 0.29) is 0 Å². The molecule has 0 radical (unpaired) electrons. The Morgan fingerprint density at radius 1 is 1.70 bits per heavy atom. The van der Waals surface area contributed by atoms with Crippen molar-refractivity contribution in [2.75, 3.05) is 0 Å². The molecule has 0 fully saturated rings. The fourth-order valence-corrected chi connectivity index (χ4v) is 1.12. The summed E-state index contributed by atoms with van der Waals surface area (Å²) in [6.07, 6.45) is 4.03. The lowest BCUT2D eigenvalue weighted by Gasteiger charge is -1.96. The third-order valence-electron chi connectivity index (χ3n) is 1.44. The first kappa shape index (κ1) is 8.04. The first-order valence-electron chi connectivity index (χ1n) is 3.32. The molecule has 0 aromatic carbocycles. The fourth-order valence-electron chi connectivity index (χ4n) is 0.743. The van der Waals surface area contributed by atoms with E-state index in [0.29, 0.717) is 5.92 Å². The van der Waals surface area contributed by atoms with Crippen LogP contribution in [-0.2, 0) is 4.55 Å². The first-order valence-corrected chi connectivity index (χ1v) is 4.85. The van der Waals surface area contributed by atoms with E-state index in [0.717, 1.165) is 4.55 Å². The van der Waals surface area contributed by atoms with Crippen molar-refractivity contribution < 1.29 is 0 Å². The molecule has 3 heteroatoms. The zero-order chi connectivity index (χ0) is 7.56. The number of nitrogens with zero attached hydrogens (tertiary/aromatic N) is 2. The lowest BCUT2D eigenvalue weighted by atomic mass is 10.1. The highest BCUT2D eigenvalue weighted by Crippen LogP contribution is 2.12. The molecule has 0 bridgehead atoms. The molecule has 0 atom stereocenters. The van der Waals surface area contributed by atoms with Crippen molar-refractivity contribution in [3.8, 4) is 0 Å². The normalized spacial score (nSPS) is 10.8. The Balaban J connectivity index is 2.78. The number of alkyl halides is 1. The third-order valence-corrected chi connectivity index (χ3v) is 2.14. The summed E-state index contributed by atoms with van der Waals surface area (Å²) in [5, 5.41) is 4.17. The largest absolute Gasteiger partial charge is 0.263 e. The Morgan fingerprint density at radius 3 is 2.70 bits per heavy atom. The second-order valence-electron chi connectivity index (χ2n) is 2.59. The monoisotopic (exact) mass is 250 g/mol. The van der Waals surface area contributed by atoms with Gasteiger partial charge in [-0.3, -0.25) is 4.68 Å². The number of hydrogen-bond donors (Lipinski definition) is 0. The van der Waals surface area contributed by atoms with E-state index >= 15 is 0 Å². The van der Waals surface area contributed by atoms with Gasteiger partial charge in [0.05, 0.1) is 10.7 Å². The SMILES string of the molecule is CC(C)c1cnn(CI)c1. The molecule has 1 heterocycles. The van der Waals surface area contributed by atoms with Crippen molar-refractivity contribution in [1.29, 1.82) is 0 Å². The van der Waals surface area contributed by atoms with E-state index in [2.05, 4.69) is 47.7 Å². The van der Waals surface area contributed by atoms with Crippen LogP contribution in [-0.4, -0.2) is 9.78 Å². The highest BCUT2D eigenvalue weighted by Gasteiger charge is 2.00. The molecule has 0 aliphatic carbocycles. The lowest BCUT2D eigenvalue weighted by Crippen LogP contribution is -1.89. The van der Waals surface area contributed by atoms with Crippen LogP contribution in [0.3, 0.4) is 0 Å². The number of hydrogen-bond acceptors (Lipinski definition) is 1. The van der Waals surface area contributed by atoms with E-state index in [1.165, 1.54) is 5.56 Å². The molecule has 10 heavy (non-hydrogen) atoms. The molecule has 1 aromatic heterocycles. The molecule has 1 rings (SSSR count). The topological polar surface area (TPSA) is 17.8 Å². The Kier molecular flexibility index (Phi) is 2.71. The summed E-state index contributed by atoms with van der Waals surface area (Å²) in [5.74, 6) is 0.594. The second kappa shape index (κ2) is 3.37. The Labute approximate surface area is 74.8 Å². The molecule has 0 unspecified atom stereocenters. The van der Waals surface area contributed by atoms with Gasteiger partial charge in [0.2, 0.25) is 0 Å². The van der Waals surface area contributed by atoms with Crippen LogP contribution in [0.4, 0.5) is 0 Å². The van der Waals surface area contributed by atoms with E-state index in [1.807, 2.05) is 10.9 Å². The molecule has 0 aliphatic rings. The van der Waals surface area contributed by atoms with Crippen molar-refractivity contribution in [3.05, 3.63) is 18.0 Å². The molecule has 0 N–H and O–H groups in total. The smallest absolute Gasteiger partial charge is 0.0923 e. The van der Waals surface area contributed by atoms with Crippen LogP contribution in [0.15, 0.2) is 12.4 Å². The second-order valence-corrected chi connectivity index (χ2v) is 3.27. The number of aromatic nitrogens is 2. The standard InChI is InChI=1S/C7H11IN2/c1-6(2)7-3-9-10(4-7)5-8/h3-4,6H,5H2,1-2H3. The fraction of sp³-hybridized carbons (Fsp3) is 0.571. The van der Waals surface area contributed by atoms with Crippen LogP contribution in [0.5, 0.6) is 0 Å². The van der Waals surface area contributed by atoms with Crippen molar-refractivity contribution in [2.45, 2.75) is 24.3 Å². The van der Waals surface area contributed by atoms with E-state index in [1.54, 1.807) is 0 Å². The van der Waals surface area contributed by atoms with Crippen molar-refractivity contribution in [3.63, 3.8) is 0 Å². The van der Waals surface area contributed by atoms with Gasteiger partial charge in [-0.05, 0) is 11.5 Å². The van der Waals surface area contributed by atoms with Crippen LogP contribution in [0.25, 0.3) is 0 Å². The summed E-state index contributed by atoms with van der Waals surface area (Å²) >= 11 is 2.29. The molecule has 2 nitrogen and oxygen atoms in total. The van der Waals surface area contributed by atoms with Gasteiger partial charge in [0.1, 0.15) is 0 Å². The lowest BCUT2D eigenvalue weighted by molar-refractivity contribution is 0.765. The van der Waals surface area contributed by atoms with Gasteiger partial charge in [-0.2, -0.15) is 5.10 Å². The van der Waals surface area contributed by atoms with Gasteiger partial charge in [-0.1, -0.05) is 36.4 Å². The van der Waals surface area contributed by atoms with Gasteiger partial charge in [-0.15, -0.1) is 0 Å². The highest BCUT2D eigenvalue weighted by molar-refractivity contribution is 14.1. The minimum atomic E-state index is 0.594. The predicted molar refractivity (Wildman–Crippen MR) is 50.3 cm³/mol. The first-order chi connectivity index (χ1) is 4.74. The average Bonchev–Trinajstić information content (AvgIpc) is 2.34. The summed E-state index contributed by atoms with van der Waals surface area (Å²) in [6.45, 7) is 4.35. The van der Waals surface area contributed by atoms with Gasteiger partial charge >= 0.3 is 0 Å². The zero-order valence-electron chi connectivity index (χ0n) is 6.21. The molecular weight excluding hydrogens is 239 g/mol. The van der Waals surface area contributed by atoms with E-state index in [4.69, 9.17) is 0 Å². The van der Waals surface area contributed by atoms with Crippen LogP contribution in [0.2, 0.25) is 0 Å². The minimum Gasteiger partial charge on any atom is -0.263 e. The van der Waals surface area contributed by atoms with E-state index in [9.17, 15) is 0 Å². The van der Waals surface area contributed by atoms with Gasteiger partial charge in [0.25, 0.3) is 0 Å². The van der Waals surface area contributed by atoms with Gasteiger partial charge in [-0.25, -0.2) is 0 Å². The van der Waals surface area contributed by atoms with Crippen LogP contribution < -0.4 is 0 Å². The van der Waals surface area contributed by atoms with Crippen LogP contribution in [0.1, 0.15) is 25.3 Å². The molecule has 0 spiro atoms. The van der Waals surface area contributed by atoms with Crippen LogP contribution >= 0.6 is 22.6 Å². The molecular formula is C7H11IN2. The van der Waals surface area contributed by atoms with Crippen LogP contribution in [0, 0.1) is 0 Å². The molecule has 0 saturated heterocycles. The molecule has 0 amide bonds. The summed E-state index contributed by atoms with van der Waals surface area (Å²) in [5.41, 5.74) is 1.32. The maximum atomic E-state index is 4.17. The molecule has 0 saturated carbocycles. The van der Waals surface area contributed by atoms with Crippen molar-refractivity contribution in [1.82, 2.24) is 9.78 Å². The Hall–Kier alpha value is -0.0600. The average molecular weight is 250 g/mol. The molecule has 56 valence electrons. The number of halogens is 1. The van der Waals surface area contributed by atoms with Crippen molar-refractivity contribution >= 4 is 22.6 Å². The third kappa shape index (κ3) is 1.71. The zero-order valence-corrected chi connectivity index (χ0v) is 8.37. The van der Waals surface area contributed by atoms with Gasteiger partial charge in [0.15, 0.2) is 0 Å². The molecule has 1 aromatic rings. The molecule has 0 aliphatic heterocycles. The van der Waals surface area contributed by atoms with Gasteiger partial charge in [0, 0.05) is 6.20 Å². The minimum absolute atomic E-state index is 0.594. The van der Waals surface area contributed by atoms with E-state index < -0.39 is 0 Å². The quantitative estimate of drug-likeness (QED) is 0.582. The summed E-state index contributed by atoms with van der Waals surface area (Å²) < 4.78 is 2.88.